The van der Waals surface area contributed by atoms with Crippen LogP contribution < -0.4 is 9.47 Å². The van der Waals surface area contributed by atoms with E-state index in [0.717, 1.165) is 12.1 Å². The number of esters is 2. The second kappa shape index (κ2) is 14.4. The Morgan fingerprint density at radius 3 is 2.25 bits per heavy atom. The molecule has 0 atom stereocenters. The number of benzene rings is 3. The summed E-state index contributed by atoms with van der Waals surface area (Å²) in [7, 11) is 0. The highest BCUT2D eigenvalue weighted by Gasteiger charge is 2.19. The first-order valence-corrected chi connectivity index (χ1v) is 12.0. The number of carbonyl (C=O) groups is 2. The monoisotopic (exact) mass is 545 g/mol. The molecule has 0 N–H and O–H groups in total. The van der Waals surface area contributed by atoms with E-state index in [-0.39, 0.29) is 18.6 Å². The number of nitro benzene ring substituents is 2. The van der Waals surface area contributed by atoms with Crippen molar-refractivity contribution in [2.24, 2.45) is 0 Å². The predicted molar refractivity (Wildman–Crippen MR) is 142 cm³/mol. The number of non-ortho nitro benzene ring substituents is 1. The van der Waals surface area contributed by atoms with Crippen molar-refractivity contribution in [3.8, 4) is 17.6 Å². The van der Waals surface area contributed by atoms with E-state index in [1.54, 1.807) is 48.5 Å². The lowest BCUT2D eigenvalue weighted by atomic mass is 10.1. The van der Waals surface area contributed by atoms with Crippen molar-refractivity contribution in [1.82, 2.24) is 0 Å². The Morgan fingerprint density at radius 2 is 1.60 bits per heavy atom. The Bertz CT molecular complexity index is 1440. The molecule has 3 aromatic rings. The first-order chi connectivity index (χ1) is 19.3. The fourth-order valence-corrected chi connectivity index (χ4v) is 3.36. The molecule has 0 aliphatic heterocycles. The van der Waals surface area contributed by atoms with Crippen molar-refractivity contribution in [2.45, 2.75) is 19.3 Å². The molecule has 204 valence electrons. The molecule has 0 radical (unpaired) electrons. The van der Waals surface area contributed by atoms with Gasteiger partial charge in [0.15, 0.2) is 0 Å². The minimum Gasteiger partial charge on any atom is -0.494 e. The molecule has 0 spiro atoms. The van der Waals surface area contributed by atoms with Gasteiger partial charge in [0.25, 0.3) is 11.4 Å². The summed E-state index contributed by atoms with van der Waals surface area (Å²) >= 11 is 0. The zero-order chi connectivity index (χ0) is 28.9. The SMILES string of the molecule is N#CCCCOc1ccc(C(=O)Oc2ccc(/C=C/C(=O)OCCc3ccc([N+](=O)[O-])cc3[N+](=O)[O-])cc2)cc1. The maximum Gasteiger partial charge on any atom is 0.343 e. The Morgan fingerprint density at radius 1 is 0.900 bits per heavy atom. The maximum absolute atomic E-state index is 12.4. The van der Waals surface area contributed by atoms with Crippen LogP contribution in [-0.2, 0) is 16.0 Å². The Kier molecular flexibility index (Phi) is 10.4. The van der Waals surface area contributed by atoms with E-state index in [9.17, 15) is 29.8 Å². The number of hydrogen-bond donors (Lipinski definition) is 0. The summed E-state index contributed by atoms with van der Waals surface area (Å²) in [6.07, 6.45) is 3.69. The second-order valence-corrected chi connectivity index (χ2v) is 8.17. The van der Waals surface area contributed by atoms with Crippen molar-refractivity contribution >= 4 is 29.4 Å². The van der Waals surface area contributed by atoms with Gasteiger partial charge in [-0.2, -0.15) is 5.26 Å². The highest BCUT2D eigenvalue weighted by molar-refractivity contribution is 5.91. The van der Waals surface area contributed by atoms with E-state index in [2.05, 4.69) is 0 Å². The van der Waals surface area contributed by atoms with Gasteiger partial charge in [-0.15, -0.1) is 0 Å². The van der Waals surface area contributed by atoms with Crippen LogP contribution in [0.4, 0.5) is 11.4 Å². The highest BCUT2D eigenvalue weighted by Crippen LogP contribution is 2.25. The molecule has 3 aromatic carbocycles. The normalized spacial score (nSPS) is 10.5. The fraction of sp³-hybridized carbons (Fsp3) is 0.179. The summed E-state index contributed by atoms with van der Waals surface area (Å²) < 4.78 is 15.9. The molecule has 0 heterocycles. The fourth-order valence-electron chi connectivity index (χ4n) is 3.36. The maximum atomic E-state index is 12.4. The molecular formula is C28H23N3O9. The van der Waals surface area contributed by atoms with Crippen molar-refractivity contribution in [3.63, 3.8) is 0 Å². The molecule has 0 aromatic heterocycles. The van der Waals surface area contributed by atoms with Crippen LogP contribution in [0.5, 0.6) is 11.5 Å². The van der Waals surface area contributed by atoms with Gasteiger partial charge in [0, 0.05) is 30.5 Å². The van der Waals surface area contributed by atoms with E-state index >= 15 is 0 Å². The number of nitrogens with zero attached hydrogens (tertiary/aromatic N) is 3. The summed E-state index contributed by atoms with van der Waals surface area (Å²) in [5, 5.41) is 30.6. The van der Waals surface area contributed by atoms with Gasteiger partial charge in [-0.25, -0.2) is 9.59 Å². The van der Waals surface area contributed by atoms with Crippen molar-refractivity contribution in [1.29, 1.82) is 5.26 Å². The van der Waals surface area contributed by atoms with Gasteiger partial charge in [-0.3, -0.25) is 20.2 Å². The standard InChI is InChI=1S/C28H23N3O9/c29-16-1-2-17-38-24-12-7-22(8-13-24)28(33)40-25-10-3-20(4-11-25)5-14-27(32)39-18-15-21-6-9-23(30(34)35)19-26(21)31(36)37/h3-14,19H,1-2,15,17-18H2/b14-5+. The molecule has 0 aliphatic carbocycles. The lowest BCUT2D eigenvalue weighted by Gasteiger charge is -2.07. The van der Waals surface area contributed by atoms with E-state index in [1.807, 2.05) is 6.07 Å². The summed E-state index contributed by atoms with van der Waals surface area (Å²) in [6.45, 7) is 0.244. The minimum absolute atomic E-state index is 0.00600. The molecule has 0 saturated carbocycles. The third-order valence-corrected chi connectivity index (χ3v) is 5.39. The predicted octanol–water partition coefficient (Wildman–Crippen LogP) is 5.20. The van der Waals surface area contributed by atoms with E-state index in [4.69, 9.17) is 19.5 Å². The van der Waals surface area contributed by atoms with Crippen LogP contribution in [0, 0.1) is 31.6 Å². The summed E-state index contributed by atoms with van der Waals surface area (Å²) in [6, 6.07) is 18.1. The third-order valence-electron chi connectivity index (χ3n) is 5.39. The van der Waals surface area contributed by atoms with Crippen LogP contribution in [0.2, 0.25) is 0 Å². The number of nitro groups is 2. The third kappa shape index (κ3) is 8.77. The van der Waals surface area contributed by atoms with Crippen LogP contribution in [0.3, 0.4) is 0 Å². The molecule has 0 aliphatic rings. The quantitative estimate of drug-likeness (QED) is 0.0693. The first-order valence-electron chi connectivity index (χ1n) is 12.0. The van der Waals surface area contributed by atoms with Gasteiger partial charge in [0.1, 0.15) is 11.5 Å². The molecule has 0 amide bonds. The number of unbranched alkanes of at least 4 members (excludes halogenated alkanes) is 1. The van der Waals surface area contributed by atoms with Crippen LogP contribution >= 0.6 is 0 Å². The average Bonchev–Trinajstić information content (AvgIpc) is 2.95. The zero-order valence-electron chi connectivity index (χ0n) is 21.1. The number of carbonyl (C=O) groups excluding carboxylic acids is 2. The van der Waals surface area contributed by atoms with Crippen molar-refractivity contribution < 1.29 is 33.6 Å². The molecular weight excluding hydrogens is 522 g/mol. The molecule has 0 saturated heterocycles. The number of nitriles is 1. The molecule has 3 rings (SSSR count). The summed E-state index contributed by atoms with van der Waals surface area (Å²) in [4.78, 5) is 45.0. The van der Waals surface area contributed by atoms with Gasteiger partial charge in [-0.05, 0) is 60.5 Å². The van der Waals surface area contributed by atoms with Gasteiger partial charge < -0.3 is 14.2 Å². The van der Waals surface area contributed by atoms with E-state index in [1.165, 1.54) is 18.2 Å². The van der Waals surface area contributed by atoms with Gasteiger partial charge in [-0.1, -0.05) is 12.1 Å². The Labute approximate surface area is 228 Å². The van der Waals surface area contributed by atoms with Crippen LogP contribution in [-0.4, -0.2) is 35.0 Å². The molecule has 0 bridgehead atoms. The van der Waals surface area contributed by atoms with Crippen LogP contribution in [0.15, 0.2) is 72.8 Å². The molecule has 0 unspecified atom stereocenters. The summed E-state index contributed by atoms with van der Waals surface area (Å²) in [5.41, 5.74) is 0.334. The van der Waals surface area contributed by atoms with Crippen LogP contribution in [0.1, 0.15) is 34.3 Å². The number of hydrogen-bond acceptors (Lipinski definition) is 10. The number of ether oxygens (including phenoxy) is 3. The van der Waals surface area contributed by atoms with E-state index < -0.39 is 33.2 Å². The van der Waals surface area contributed by atoms with E-state index in [0.29, 0.717) is 42.1 Å². The lowest BCUT2D eigenvalue weighted by Crippen LogP contribution is -2.08. The van der Waals surface area contributed by atoms with Crippen molar-refractivity contribution in [3.05, 3.63) is 110 Å². The van der Waals surface area contributed by atoms with Crippen LogP contribution in [0.25, 0.3) is 6.08 Å². The average molecular weight is 546 g/mol. The minimum atomic E-state index is -0.727. The van der Waals surface area contributed by atoms with Gasteiger partial charge in [0.2, 0.25) is 0 Å². The second-order valence-electron chi connectivity index (χ2n) is 8.17. The summed E-state index contributed by atoms with van der Waals surface area (Å²) in [5.74, 6) is -0.364. The van der Waals surface area contributed by atoms with Gasteiger partial charge in [0.05, 0.1) is 40.8 Å². The van der Waals surface area contributed by atoms with Gasteiger partial charge >= 0.3 is 11.9 Å². The largest absolute Gasteiger partial charge is 0.494 e. The molecule has 40 heavy (non-hydrogen) atoms. The molecule has 0 fully saturated rings. The highest BCUT2D eigenvalue weighted by atomic mass is 16.6. The smallest absolute Gasteiger partial charge is 0.343 e. The topological polar surface area (TPSA) is 172 Å². The Balaban J connectivity index is 1.47. The molecule has 12 heteroatoms. The Hall–Kier alpha value is -5.57. The lowest BCUT2D eigenvalue weighted by molar-refractivity contribution is -0.394. The first kappa shape index (κ1) is 29.0. The van der Waals surface area contributed by atoms with Crippen molar-refractivity contribution in [2.75, 3.05) is 13.2 Å². The molecule has 12 nitrogen and oxygen atoms in total. The number of rotatable bonds is 13. The zero-order valence-corrected chi connectivity index (χ0v) is 21.1.